The van der Waals surface area contributed by atoms with Crippen molar-refractivity contribution in [2.45, 2.75) is 25.4 Å². The number of guanidine groups is 1. The maximum Gasteiger partial charge on any atom is 0.191 e. The molecule has 0 aliphatic carbocycles. The average molecular weight is 369 g/mol. The highest BCUT2D eigenvalue weighted by Crippen LogP contribution is 2.24. The molecule has 0 radical (unpaired) electrons. The highest BCUT2D eigenvalue weighted by Gasteiger charge is 2.25. The second kappa shape index (κ2) is 9.19. The first kappa shape index (κ1) is 18.9. The summed E-state index contributed by atoms with van der Waals surface area (Å²) in [5.41, 5.74) is 0.863. The molecule has 0 bridgehead atoms. The zero-order valence-corrected chi connectivity index (χ0v) is 15.4. The summed E-state index contributed by atoms with van der Waals surface area (Å²) in [5.74, 6) is 1.16. The van der Waals surface area contributed by atoms with Crippen LogP contribution < -0.4 is 10.6 Å². The number of nitrogens with zero attached hydrogens (tertiary/aromatic N) is 3. The number of aliphatic imine (C=N–C) groups is 1. The highest BCUT2D eigenvalue weighted by molar-refractivity contribution is 5.79. The SMILES string of the molecule is CN=C(NCc1cc(C#N)ccc1F)NCC(c1ccco1)N1CCCC1. The van der Waals surface area contributed by atoms with E-state index in [9.17, 15) is 4.39 Å². The number of hydrogen-bond acceptors (Lipinski definition) is 4. The molecule has 6 nitrogen and oxygen atoms in total. The second-order valence-electron chi connectivity index (χ2n) is 6.50. The molecule has 1 unspecified atom stereocenters. The molecule has 1 aliphatic rings. The third-order valence-corrected chi connectivity index (χ3v) is 4.76. The minimum absolute atomic E-state index is 0.125. The Balaban J connectivity index is 1.60. The minimum atomic E-state index is -0.345. The van der Waals surface area contributed by atoms with Gasteiger partial charge in [-0.2, -0.15) is 5.26 Å². The van der Waals surface area contributed by atoms with Crippen molar-refractivity contribution in [1.29, 1.82) is 5.26 Å². The number of likely N-dealkylation sites (tertiary alicyclic amines) is 1. The van der Waals surface area contributed by atoms with Crippen LogP contribution in [0.15, 0.2) is 46.0 Å². The van der Waals surface area contributed by atoms with E-state index in [1.165, 1.54) is 25.0 Å². The highest BCUT2D eigenvalue weighted by atomic mass is 19.1. The van der Waals surface area contributed by atoms with Gasteiger partial charge in [-0.15, -0.1) is 0 Å². The molecule has 0 amide bonds. The van der Waals surface area contributed by atoms with Crippen LogP contribution in [0.25, 0.3) is 0 Å². The molecule has 7 heteroatoms. The summed E-state index contributed by atoms with van der Waals surface area (Å²) in [7, 11) is 1.68. The van der Waals surface area contributed by atoms with Gasteiger partial charge in [0.2, 0.25) is 0 Å². The minimum Gasteiger partial charge on any atom is -0.468 e. The molecule has 1 atom stereocenters. The van der Waals surface area contributed by atoms with Crippen LogP contribution >= 0.6 is 0 Å². The predicted octanol–water partition coefficient (Wildman–Crippen LogP) is 2.79. The van der Waals surface area contributed by atoms with Gasteiger partial charge in [-0.1, -0.05) is 0 Å². The van der Waals surface area contributed by atoms with E-state index in [0.29, 0.717) is 23.6 Å². The molecule has 0 spiro atoms. The summed E-state index contributed by atoms with van der Waals surface area (Å²) >= 11 is 0. The summed E-state index contributed by atoms with van der Waals surface area (Å²) in [4.78, 5) is 6.61. The number of furan rings is 1. The van der Waals surface area contributed by atoms with Gasteiger partial charge in [0.15, 0.2) is 5.96 Å². The summed E-state index contributed by atoms with van der Waals surface area (Å²) in [6, 6.07) is 10.4. The number of hydrogen-bond donors (Lipinski definition) is 2. The summed E-state index contributed by atoms with van der Waals surface area (Å²) < 4.78 is 19.6. The van der Waals surface area contributed by atoms with Crippen molar-refractivity contribution in [1.82, 2.24) is 15.5 Å². The fourth-order valence-electron chi connectivity index (χ4n) is 3.32. The molecule has 2 aromatic rings. The topological polar surface area (TPSA) is 76.6 Å². The Morgan fingerprint density at radius 3 is 2.81 bits per heavy atom. The monoisotopic (exact) mass is 369 g/mol. The van der Waals surface area contributed by atoms with E-state index in [1.807, 2.05) is 18.2 Å². The molecule has 0 saturated carbocycles. The standard InChI is InChI=1S/C20H24FN5O/c1-23-20(24-13-16-11-15(12-22)6-7-17(16)21)25-14-18(19-5-4-10-27-19)26-8-2-3-9-26/h4-7,10-11,18H,2-3,8-9,13-14H2,1H3,(H2,23,24,25). The van der Waals surface area contributed by atoms with E-state index >= 15 is 0 Å². The third kappa shape index (κ3) is 4.86. The Labute approximate surface area is 158 Å². The van der Waals surface area contributed by atoms with Crippen LogP contribution in [0.1, 0.15) is 35.8 Å². The smallest absolute Gasteiger partial charge is 0.191 e. The van der Waals surface area contributed by atoms with E-state index in [0.717, 1.165) is 18.8 Å². The average Bonchev–Trinajstić information content (AvgIpc) is 3.40. The van der Waals surface area contributed by atoms with Gasteiger partial charge in [-0.3, -0.25) is 9.89 Å². The van der Waals surface area contributed by atoms with Gasteiger partial charge in [-0.25, -0.2) is 4.39 Å². The molecule has 1 fully saturated rings. The predicted molar refractivity (Wildman–Crippen MR) is 102 cm³/mol. The molecule has 2 N–H and O–H groups in total. The molecule has 3 rings (SSSR count). The quantitative estimate of drug-likeness (QED) is 0.605. The van der Waals surface area contributed by atoms with Crippen LogP contribution in [0.4, 0.5) is 4.39 Å². The number of nitriles is 1. The lowest BCUT2D eigenvalue weighted by atomic mass is 10.1. The van der Waals surface area contributed by atoms with Gasteiger partial charge in [0.25, 0.3) is 0 Å². The van der Waals surface area contributed by atoms with Crippen LogP contribution in [0.2, 0.25) is 0 Å². The van der Waals surface area contributed by atoms with Crippen LogP contribution in [0, 0.1) is 17.1 Å². The fourth-order valence-corrected chi connectivity index (χ4v) is 3.32. The Kier molecular flexibility index (Phi) is 6.44. The zero-order valence-electron chi connectivity index (χ0n) is 15.4. The van der Waals surface area contributed by atoms with Gasteiger partial charge in [0, 0.05) is 25.7 Å². The molecule has 1 aliphatic heterocycles. The van der Waals surface area contributed by atoms with E-state index in [2.05, 4.69) is 20.5 Å². The van der Waals surface area contributed by atoms with Gasteiger partial charge < -0.3 is 15.1 Å². The molecular formula is C20H24FN5O. The van der Waals surface area contributed by atoms with Crippen LogP contribution in [0.5, 0.6) is 0 Å². The van der Waals surface area contributed by atoms with E-state index in [1.54, 1.807) is 19.4 Å². The van der Waals surface area contributed by atoms with Crippen LogP contribution in [-0.2, 0) is 6.54 Å². The lowest BCUT2D eigenvalue weighted by molar-refractivity contribution is 0.215. The second-order valence-corrected chi connectivity index (χ2v) is 6.50. The fraction of sp³-hybridized carbons (Fsp3) is 0.400. The molecule has 27 heavy (non-hydrogen) atoms. The van der Waals surface area contributed by atoms with Crippen molar-refractivity contribution in [3.8, 4) is 6.07 Å². The van der Waals surface area contributed by atoms with Gasteiger partial charge in [-0.05, 0) is 56.3 Å². The van der Waals surface area contributed by atoms with E-state index < -0.39 is 0 Å². The molecule has 1 aromatic heterocycles. The zero-order chi connectivity index (χ0) is 19.1. The Hall–Kier alpha value is -2.85. The maximum atomic E-state index is 13.9. The first-order chi connectivity index (χ1) is 13.2. The lowest BCUT2D eigenvalue weighted by Gasteiger charge is -2.26. The Morgan fingerprint density at radius 1 is 1.33 bits per heavy atom. The Morgan fingerprint density at radius 2 is 2.15 bits per heavy atom. The number of halogens is 1. The van der Waals surface area contributed by atoms with Crippen molar-refractivity contribution < 1.29 is 8.81 Å². The van der Waals surface area contributed by atoms with E-state index in [4.69, 9.17) is 9.68 Å². The van der Waals surface area contributed by atoms with Crippen molar-refractivity contribution in [2.24, 2.45) is 4.99 Å². The molecule has 1 aromatic carbocycles. The number of benzene rings is 1. The van der Waals surface area contributed by atoms with Gasteiger partial charge in [0.1, 0.15) is 11.6 Å². The number of nitrogens with one attached hydrogen (secondary N) is 2. The first-order valence-corrected chi connectivity index (χ1v) is 9.11. The number of rotatable bonds is 6. The summed E-state index contributed by atoms with van der Waals surface area (Å²) in [6.07, 6.45) is 4.08. The maximum absolute atomic E-state index is 13.9. The van der Waals surface area contributed by atoms with Crippen molar-refractivity contribution in [3.05, 3.63) is 59.3 Å². The van der Waals surface area contributed by atoms with Gasteiger partial charge >= 0.3 is 0 Å². The normalized spacial score (nSPS) is 16.1. The molecule has 142 valence electrons. The summed E-state index contributed by atoms with van der Waals surface area (Å²) in [6.45, 7) is 2.97. The van der Waals surface area contributed by atoms with Crippen LogP contribution in [0.3, 0.4) is 0 Å². The molecule has 2 heterocycles. The van der Waals surface area contributed by atoms with Crippen LogP contribution in [-0.4, -0.2) is 37.5 Å². The molecule has 1 saturated heterocycles. The third-order valence-electron chi connectivity index (χ3n) is 4.76. The Bertz CT molecular complexity index is 806. The largest absolute Gasteiger partial charge is 0.468 e. The molecular weight excluding hydrogens is 345 g/mol. The van der Waals surface area contributed by atoms with Crippen molar-refractivity contribution in [3.63, 3.8) is 0 Å². The van der Waals surface area contributed by atoms with Crippen molar-refractivity contribution >= 4 is 5.96 Å². The summed E-state index contributed by atoms with van der Waals surface area (Å²) in [5, 5.41) is 15.4. The first-order valence-electron chi connectivity index (χ1n) is 9.11. The van der Waals surface area contributed by atoms with E-state index in [-0.39, 0.29) is 18.4 Å². The lowest BCUT2D eigenvalue weighted by Crippen LogP contribution is -2.42. The van der Waals surface area contributed by atoms with Crippen molar-refractivity contribution in [2.75, 3.05) is 26.7 Å². The van der Waals surface area contributed by atoms with Gasteiger partial charge in [0.05, 0.1) is 23.9 Å².